The van der Waals surface area contributed by atoms with Gasteiger partial charge in [0.25, 0.3) is 0 Å². The molecular weight excluding hydrogens is 316 g/mol. The first kappa shape index (κ1) is 14.6. The van der Waals surface area contributed by atoms with E-state index in [0.29, 0.717) is 11.3 Å². The van der Waals surface area contributed by atoms with E-state index in [1.807, 2.05) is 49.4 Å². The molecule has 0 aliphatic carbocycles. The molecule has 0 saturated carbocycles. The third kappa shape index (κ3) is 3.01. The Labute approximate surface area is 127 Å². The first-order valence-electron chi connectivity index (χ1n) is 6.23. The molecule has 2 aromatic carbocycles. The summed E-state index contributed by atoms with van der Waals surface area (Å²) in [7, 11) is 0. The van der Waals surface area contributed by atoms with Crippen LogP contribution >= 0.6 is 15.9 Å². The van der Waals surface area contributed by atoms with Crippen LogP contribution in [-0.4, -0.2) is 11.7 Å². The van der Waals surface area contributed by atoms with Gasteiger partial charge in [0.05, 0.1) is 23.4 Å². The second-order valence-corrected chi connectivity index (χ2v) is 5.70. The molecule has 1 unspecified atom stereocenters. The summed E-state index contributed by atoms with van der Waals surface area (Å²) >= 11 is 3.40. The average Bonchev–Trinajstić information content (AvgIpc) is 2.48. The maximum Gasteiger partial charge on any atom is 0.101 e. The number of anilines is 1. The van der Waals surface area contributed by atoms with Gasteiger partial charge in [0.2, 0.25) is 0 Å². The van der Waals surface area contributed by atoms with Crippen molar-refractivity contribution in [3.8, 4) is 6.07 Å². The van der Waals surface area contributed by atoms with Crippen molar-refractivity contribution in [2.24, 2.45) is 0 Å². The molecule has 0 aromatic heterocycles. The number of aliphatic hydroxyl groups excluding tert-OH is 1. The van der Waals surface area contributed by atoms with Gasteiger partial charge < -0.3 is 10.4 Å². The van der Waals surface area contributed by atoms with Crippen LogP contribution in [0.4, 0.5) is 5.69 Å². The summed E-state index contributed by atoms with van der Waals surface area (Å²) in [6, 6.07) is 17.3. The molecule has 0 fully saturated rings. The molecule has 0 heterocycles. The van der Waals surface area contributed by atoms with Crippen LogP contribution in [0, 0.1) is 11.3 Å². The van der Waals surface area contributed by atoms with Gasteiger partial charge in [0, 0.05) is 4.47 Å². The Bertz CT molecular complexity index is 637. The topological polar surface area (TPSA) is 56.0 Å². The third-order valence-corrected chi connectivity index (χ3v) is 3.73. The second kappa shape index (κ2) is 6.08. The van der Waals surface area contributed by atoms with Crippen molar-refractivity contribution in [3.05, 3.63) is 64.1 Å². The Morgan fingerprint density at radius 3 is 2.55 bits per heavy atom. The smallest absolute Gasteiger partial charge is 0.101 e. The van der Waals surface area contributed by atoms with Gasteiger partial charge in [-0.3, -0.25) is 0 Å². The minimum Gasteiger partial charge on any atom is -0.394 e. The van der Waals surface area contributed by atoms with Crippen molar-refractivity contribution in [1.29, 1.82) is 5.26 Å². The highest BCUT2D eigenvalue weighted by atomic mass is 79.9. The molecule has 1 atom stereocenters. The standard InChI is InChI=1S/C16H15BrN2O/c1-16(11-20,13-5-3-2-4-6-13)19-15-9-14(17)8-7-12(15)10-18/h2-9,19-20H,11H2,1H3. The van der Waals surface area contributed by atoms with E-state index in [1.165, 1.54) is 0 Å². The Morgan fingerprint density at radius 2 is 1.95 bits per heavy atom. The van der Waals surface area contributed by atoms with Gasteiger partial charge in [-0.1, -0.05) is 46.3 Å². The zero-order valence-corrected chi connectivity index (χ0v) is 12.7. The molecule has 20 heavy (non-hydrogen) atoms. The van der Waals surface area contributed by atoms with Crippen molar-refractivity contribution < 1.29 is 5.11 Å². The van der Waals surface area contributed by atoms with Crippen LogP contribution in [0.1, 0.15) is 18.1 Å². The molecule has 4 heteroatoms. The van der Waals surface area contributed by atoms with Crippen LogP contribution in [-0.2, 0) is 5.54 Å². The van der Waals surface area contributed by atoms with E-state index >= 15 is 0 Å². The lowest BCUT2D eigenvalue weighted by molar-refractivity contribution is 0.224. The molecule has 0 spiro atoms. The molecule has 102 valence electrons. The number of hydrogen-bond acceptors (Lipinski definition) is 3. The largest absolute Gasteiger partial charge is 0.394 e. The average molecular weight is 331 g/mol. The summed E-state index contributed by atoms with van der Waals surface area (Å²) in [5.74, 6) is 0. The number of aliphatic hydroxyl groups is 1. The lowest BCUT2D eigenvalue weighted by Crippen LogP contribution is -2.36. The van der Waals surface area contributed by atoms with Crippen molar-refractivity contribution in [2.45, 2.75) is 12.5 Å². The molecule has 0 amide bonds. The van der Waals surface area contributed by atoms with Crippen molar-refractivity contribution >= 4 is 21.6 Å². The highest BCUT2D eigenvalue weighted by Crippen LogP contribution is 2.29. The fourth-order valence-corrected chi connectivity index (χ4v) is 2.38. The van der Waals surface area contributed by atoms with Crippen LogP contribution in [0.25, 0.3) is 0 Å². The van der Waals surface area contributed by atoms with Crippen molar-refractivity contribution in [1.82, 2.24) is 0 Å². The number of hydrogen-bond donors (Lipinski definition) is 2. The van der Waals surface area contributed by atoms with E-state index in [4.69, 9.17) is 0 Å². The molecule has 0 radical (unpaired) electrons. The van der Waals surface area contributed by atoms with Crippen LogP contribution in [0.3, 0.4) is 0 Å². The predicted molar refractivity (Wildman–Crippen MR) is 83.4 cm³/mol. The van der Waals surface area contributed by atoms with E-state index in [9.17, 15) is 10.4 Å². The summed E-state index contributed by atoms with van der Waals surface area (Å²) in [6.45, 7) is 1.83. The van der Waals surface area contributed by atoms with E-state index in [1.54, 1.807) is 6.07 Å². The summed E-state index contributed by atoms with van der Waals surface area (Å²) < 4.78 is 0.882. The first-order chi connectivity index (χ1) is 9.59. The number of benzene rings is 2. The van der Waals surface area contributed by atoms with Gasteiger partial charge in [-0.05, 0) is 30.7 Å². The van der Waals surface area contributed by atoms with Gasteiger partial charge in [0.15, 0.2) is 0 Å². The molecule has 2 N–H and O–H groups in total. The van der Waals surface area contributed by atoms with Crippen LogP contribution in [0.5, 0.6) is 0 Å². The van der Waals surface area contributed by atoms with Crippen LogP contribution < -0.4 is 5.32 Å². The maximum absolute atomic E-state index is 9.78. The predicted octanol–water partition coefficient (Wildman–Crippen LogP) is 3.64. The second-order valence-electron chi connectivity index (χ2n) is 4.78. The number of halogens is 1. The molecule has 2 rings (SSSR count). The van der Waals surface area contributed by atoms with Gasteiger partial charge in [-0.15, -0.1) is 0 Å². The number of nitrogens with one attached hydrogen (secondary N) is 1. The number of nitrogens with zero attached hydrogens (tertiary/aromatic N) is 1. The van der Waals surface area contributed by atoms with E-state index in [-0.39, 0.29) is 6.61 Å². The number of rotatable bonds is 4. The lowest BCUT2D eigenvalue weighted by atomic mass is 9.92. The molecule has 0 saturated heterocycles. The Hall–Kier alpha value is -1.83. The zero-order chi connectivity index (χ0) is 14.6. The van der Waals surface area contributed by atoms with Crippen molar-refractivity contribution in [3.63, 3.8) is 0 Å². The monoisotopic (exact) mass is 330 g/mol. The summed E-state index contributed by atoms with van der Waals surface area (Å²) in [5.41, 5.74) is 1.56. The molecule has 0 bridgehead atoms. The van der Waals surface area contributed by atoms with Crippen LogP contribution in [0.15, 0.2) is 53.0 Å². The SMILES string of the molecule is CC(CO)(Nc1cc(Br)ccc1C#N)c1ccccc1. The highest BCUT2D eigenvalue weighted by molar-refractivity contribution is 9.10. The van der Waals surface area contributed by atoms with E-state index in [2.05, 4.69) is 27.3 Å². The lowest BCUT2D eigenvalue weighted by Gasteiger charge is -2.31. The highest BCUT2D eigenvalue weighted by Gasteiger charge is 2.26. The quantitative estimate of drug-likeness (QED) is 0.899. The normalized spacial score (nSPS) is 13.3. The van der Waals surface area contributed by atoms with Crippen LogP contribution in [0.2, 0.25) is 0 Å². The fraction of sp³-hybridized carbons (Fsp3) is 0.188. The Morgan fingerprint density at radius 1 is 1.25 bits per heavy atom. The minimum atomic E-state index is -0.645. The fourth-order valence-electron chi connectivity index (χ4n) is 2.02. The van der Waals surface area contributed by atoms with E-state index in [0.717, 1.165) is 10.0 Å². The summed E-state index contributed by atoms with van der Waals surface area (Å²) in [6.07, 6.45) is 0. The Kier molecular flexibility index (Phi) is 4.43. The summed E-state index contributed by atoms with van der Waals surface area (Å²) in [4.78, 5) is 0. The molecular formula is C16H15BrN2O. The minimum absolute atomic E-state index is 0.0750. The third-order valence-electron chi connectivity index (χ3n) is 3.24. The van der Waals surface area contributed by atoms with Gasteiger partial charge in [0.1, 0.15) is 6.07 Å². The van der Waals surface area contributed by atoms with Gasteiger partial charge in [-0.25, -0.2) is 0 Å². The summed E-state index contributed by atoms with van der Waals surface area (Å²) in [5, 5.41) is 22.2. The molecule has 0 aliphatic heterocycles. The number of nitriles is 1. The molecule has 2 aromatic rings. The molecule has 3 nitrogen and oxygen atoms in total. The molecule has 0 aliphatic rings. The van der Waals surface area contributed by atoms with E-state index < -0.39 is 5.54 Å². The zero-order valence-electron chi connectivity index (χ0n) is 11.1. The first-order valence-corrected chi connectivity index (χ1v) is 7.02. The van der Waals surface area contributed by atoms with Gasteiger partial charge in [-0.2, -0.15) is 5.26 Å². The maximum atomic E-state index is 9.78. The van der Waals surface area contributed by atoms with Gasteiger partial charge >= 0.3 is 0 Å². The Balaban J connectivity index is 2.41. The van der Waals surface area contributed by atoms with Crippen molar-refractivity contribution in [2.75, 3.05) is 11.9 Å².